The maximum atomic E-state index is 13.0. The molecule has 4 rings (SSSR count). The molecule has 1 aliphatic heterocycles. The minimum absolute atomic E-state index is 0.179. The lowest BCUT2D eigenvalue weighted by atomic mass is 9.92. The van der Waals surface area contributed by atoms with Crippen LogP contribution in [-0.2, 0) is 15.1 Å². The molecule has 9 heteroatoms. The summed E-state index contributed by atoms with van der Waals surface area (Å²) in [4.78, 5) is 51.5. The number of benzene rings is 2. The van der Waals surface area contributed by atoms with Crippen molar-refractivity contribution < 1.29 is 19.2 Å². The van der Waals surface area contributed by atoms with Crippen molar-refractivity contribution in [3.05, 3.63) is 64.1 Å². The summed E-state index contributed by atoms with van der Waals surface area (Å²) in [5.74, 6) is -1.37. The van der Waals surface area contributed by atoms with E-state index in [1.54, 1.807) is 49.4 Å². The first-order valence-corrected chi connectivity index (χ1v) is 10.7. The maximum absolute atomic E-state index is 13.0. The van der Waals surface area contributed by atoms with Crippen molar-refractivity contribution in [2.75, 3.05) is 11.9 Å². The Hall–Kier alpha value is -3.20. The number of imide groups is 1. The van der Waals surface area contributed by atoms with Gasteiger partial charge in [-0.15, -0.1) is 0 Å². The molecule has 1 unspecified atom stereocenters. The Morgan fingerprint density at radius 3 is 2.61 bits per heavy atom. The molecule has 1 atom stereocenters. The summed E-state index contributed by atoms with van der Waals surface area (Å²) in [5.41, 5.74) is -0.0139. The summed E-state index contributed by atoms with van der Waals surface area (Å²) in [7, 11) is 0. The number of hydrogen-bond acceptors (Lipinski definition) is 4. The zero-order valence-corrected chi connectivity index (χ0v) is 18.4. The Kier molecular flexibility index (Phi) is 5.53. The highest BCUT2D eigenvalue weighted by Gasteiger charge is 2.49. The second-order valence-electron chi connectivity index (χ2n) is 7.80. The van der Waals surface area contributed by atoms with Crippen LogP contribution in [0, 0.1) is 0 Å². The maximum Gasteiger partial charge on any atom is 0.325 e. The van der Waals surface area contributed by atoms with Crippen molar-refractivity contribution in [1.82, 2.24) is 15.5 Å². The summed E-state index contributed by atoms with van der Waals surface area (Å²) in [6.45, 7) is 1.14. The number of anilines is 1. The quantitative estimate of drug-likeness (QED) is 0.547. The molecule has 2 aliphatic rings. The topological polar surface area (TPSA) is 108 Å². The van der Waals surface area contributed by atoms with Crippen molar-refractivity contribution in [3.8, 4) is 0 Å². The third-order valence-electron chi connectivity index (χ3n) is 5.34. The van der Waals surface area contributed by atoms with Crippen LogP contribution < -0.4 is 16.0 Å². The van der Waals surface area contributed by atoms with Crippen LogP contribution in [0.15, 0.2) is 53.0 Å². The predicted octanol–water partition coefficient (Wildman–Crippen LogP) is 2.75. The minimum Gasteiger partial charge on any atom is -0.349 e. The standard InChI is InChI=1S/C22H21BrN4O4/c1-22(13-5-4-6-14(23)11-13)20(30)27(21(31)26-22)12-18(28)25-17-8-3-2-7-16(17)19(29)24-15-9-10-15/h2-8,11,15H,9-10,12H2,1H3,(H,24,29)(H,25,28)(H,26,31). The fourth-order valence-corrected chi connectivity index (χ4v) is 3.85. The number of rotatable bonds is 6. The monoisotopic (exact) mass is 484 g/mol. The first kappa shape index (κ1) is 21.0. The molecule has 3 N–H and O–H groups in total. The Balaban J connectivity index is 1.47. The molecule has 31 heavy (non-hydrogen) atoms. The summed E-state index contributed by atoms with van der Waals surface area (Å²) in [6, 6.07) is 13.2. The van der Waals surface area contributed by atoms with Crippen LogP contribution >= 0.6 is 15.9 Å². The van der Waals surface area contributed by atoms with Crippen LogP contribution in [0.3, 0.4) is 0 Å². The van der Waals surface area contributed by atoms with Crippen molar-refractivity contribution >= 4 is 45.4 Å². The zero-order valence-electron chi connectivity index (χ0n) is 16.8. The number of hydrogen-bond donors (Lipinski definition) is 3. The van der Waals surface area contributed by atoms with Crippen LogP contribution in [0.5, 0.6) is 0 Å². The predicted molar refractivity (Wildman–Crippen MR) is 117 cm³/mol. The Labute approximate surface area is 187 Å². The number of carbonyl (C=O) groups excluding carboxylic acids is 4. The van der Waals surface area contributed by atoms with E-state index in [4.69, 9.17) is 0 Å². The van der Waals surface area contributed by atoms with Gasteiger partial charge in [-0.05, 0) is 49.6 Å². The molecule has 1 saturated carbocycles. The van der Waals surface area contributed by atoms with Gasteiger partial charge in [-0.25, -0.2) is 4.79 Å². The Morgan fingerprint density at radius 2 is 1.90 bits per heavy atom. The van der Waals surface area contributed by atoms with Crippen LogP contribution in [0.25, 0.3) is 0 Å². The number of urea groups is 1. The summed E-state index contributed by atoms with van der Waals surface area (Å²) in [5, 5.41) is 8.20. The molecule has 0 radical (unpaired) electrons. The third-order valence-corrected chi connectivity index (χ3v) is 5.83. The smallest absolute Gasteiger partial charge is 0.325 e. The fourth-order valence-electron chi connectivity index (χ4n) is 3.45. The summed E-state index contributed by atoms with van der Waals surface area (Å²) >= 11 is 3.36. The lowest BCUT2D eigenvalue weighted by molar-refractivity contribution is -0.133. The second-order valence-corrected chi connectivity index (χ2v) is 8.71. The van der Waals surface area contributed by atoms with Gasteiger partial charge in [-0.2, -0.15) is 0 Å². The largest absolute Gasteiger partial charge is 0.349 e. The van der Waals surface area contributed by atoms with Gasteiger partial charge in [0, 0.05) is 10.5 Å². The summed E-state index contributed by atoms with van der Waals surface area (Å²) in [6.07, 6.45) is 1.90. The molecular weight excluding hydrogens is 464 g/mol. The van der Waals surface area contributed by atoms with Gasteiger partial charge < -0.3 is 16.0 Å². The highest BCUT2D eigenvalue weighted by Crippen LogP contribution is 2.30. The van der Waals surface area contributed by atoms with E-state index in [-0.39, 0.29) is 11.9 Å². The molecule has 1 heterocycles. The van der Waals surface area contributed by atoms with Gasteiger partial charge in [0.2, 0.25) is 5.91 Å². The number of nitrogens with zero attached hydrogens (tertiary/aromatic N) is 1. The number of carbonyl (C=O) groups is 4. The Morgan fingerprint density at radius 1 is 1.16 bits per heavy atom. The highest BCUT2D eigenvalue weighted by atomic mass is 79.9. The fraction of sp³-hybridized carbons (Fsp3) is 0.273. The average molecular weight is 485 g/mol. The van der Waals surface area contributed by atoms with Crippen molar-refractivity contribution in [3.63, 3.8) is 0 Å². The van der Waals surface area contributed by atoms with E-state index in [0.29, 0.717) is 16.8 Å². The van der Waals surface area contributed by atoms with Crippen molar-refractivity contribution in [2.24, 2.45) is 0 Å². The van der Waals surface area contributed by atoms with E-state index in [9.17, 15) is 19.2 Å². The van der Waals surface area contributed by atoms with Crippen molar-refractivity contribution in [2.45, 2.75) is 31.3 Å². The Bertz CT molecular complexity index is 1080. The van der Waals surface area contributed by atoms with E-state index >= 15 is 0 Å². The number of halogens is 1. The number of amides is 5. The van der Waals surface area contributed by atoms with Gasteiger partial charge in [0.15, 0.2) is 0 Å². The van der Waals surface area contributed by atoms with Gasteiger partial charge in [0.1, 0.15) is 12.1 Å². The average Bonchev–Trinajstić information content (AvgIpc) is 3.52. The second kappa shape index (κ2) is 8.14. The molecule has 0 bridgehead atoms. The zero-order chi connectivity index (χ0) is 22.2. The van der Waals surface area contributed by atoms with Gasteiger partial charge in [-0.1, -0.05) is 40.2 Å². The van der Waals surface area contributed by atoms with Gasteiger partial charge >= 0.3 is 6.03 Å². The molecule has 2 aromatic rings. The van der Waals surface area contributed by atoms with E-state index in [2.05, 4.69) is 31.9 Å². The van der Waals surface area contributed by atoms with Crippen molar-refractivity contribution in [1.29, 1.82) is 0 Å². The third kappa shape index (κ3) is 4.32. The van der Waals surface area contributed by atoms with Crippen LogP contribution in [0.4, 0.5) is 10.5 Å². The van der Waals surface area contributed by atoms with Crippen LogP contribution in [0.1, 0.15) is 35.7 Å². The molecule has 0 aromatic heterocycles. The van der Waals surface area contributed by atoms with E-state index in [1.807, 2.05) is 6.07 Å². The molecular formula is C22H21BrN4O4. The first-order chi connectivity index (χ1) is 14.8. The lowest BCUT2D eigenvalue weighted by Gasteiger charge is -2.22. The molecule has 0 spiro atoms. The number of para-hydroxylation sites is 1. The highest BCUT2D eigenvalue weighted by molar-refractivity contribution is 9.10. The molecule has 1 aliphatic carbocycles. The van der Waals surface area contributed by atoms with Gasteiger partial charge in [0.05, 0.1) is 11.3 Å². The van der Waals surface area contributed by atoms with Crippen LogP contribution in [0.2, 0.25) is 0 Å². The van der Waals surface area contributed by atoms with E-state index in [1.165, 1.54) is 0 Å². The minimum atomic E-state index is -1.27. The normalized spacial score (nSPS) is 20.4. The molecule has 2 aromatic carbocycles. The molecule has 1 saturated heterocycles. The van der Waals surface area contributed by atoms with Gasteiger partial charge in [-0.3, -0.25) is 19.3 Å². The lowest BCUT2D eigenvalue weighted by Crippen LogP contribution is -2.42. The molecule has 160 valence electrons. The summed E-state index contributed by atoms with van der Waals surface area (Å²) < 4.78 is 0.769. The molecule has 8 nitrogen and oxygen atoms in total. The van der Waals surface area contributed by atoms with Crippen LogP contribution in [-0.4, -0.2) is 41.2 Å². The molecule has 5 amide bonds. The molecule has 2 fully saturated rings. The van der Waals surface area contributed by atoms with Gasteiger partial charge in [0.25, 0.3) is 11.8 Å². The number of nitrogens with one attached hydrogen (secondary N) is 3. The first-order valence-electron chi connectivity index (χ1n) is 9.88. The van der Waals surface area contributed by atoms with E-state index < -0.39 is 29.9 Å². The SMILES string of the molecule is CC1(c2cccc(Br)c2)NC(=O)N(CC(=O)Nc2ccccc2C(=O)NC2CC2)C1=O. The van der Waals surface area contributed by atoms with E-state index in [0.717, 1.165) is 22.2 Å².